The minimum Gasteiger partial charge on any atom is -0.508 e. The Hall–Kier alpha value is -2.82. The van der Waals surface area contributed by atoms with E-state index in [1.807, 2.05) is 32.0 Å². The molecule has 5 nitrogen and oxygen atoms in total. The van der Waals surface area contributed by atoms with Crippen molar-refractivity contribution in [2.45, 2.75) is 33.2 Å². The zero-order chi connectivity index (χ0) is 17.4. The van der Waals surface area contributed by atoms with Crippen LogP contribution in [0.1, 0.15) is 23.1 Å². The highest BCUT2D eigenvalue weighted by molar-refractivity contribution is 6.23. The van der Waals surface area contributed by atoms with Crippen molar-refractivity contribution in [3.8, 4) is 5.75 Å². The first-order valence-corrected chi connectivity index (χ1v) is 7.87. The van der Waals surface area contributed by atoms with Gasteiger partial charge in [-0.2, -0.15) is 0 Å². The van der Waals surface area contributed by atoms with E-state index in [0.29, 0.717) is 11.3 Å². The van der Waals surface area contributed by atoms with Crippen molar-refractivity contribution in [1.82, 2.24) is 0 Å². The Kier molecular flexibility index (Phi) is 4.01. The lowest BCUT2D eigenvalue weighted by molar-refractivity contribution is -0.121. The molecule has 1 atom stereocenters. The number of amides is 2. The first-order valence-electron chi connectivity index (χ1n) is 7.87. The van der Waals surface area contributed by atoms with Crippen LogP contribution in [0.3, 0.4) is 0 Å². The standard InChI is InChI=1S/C19H20N2O3/c1-11-4-6-15(12(2)8-11)20-16-10-18(23)21(19(16)24)17-7-5-14(22)9-13(17)3/h4-9,16,20,22H,10H2,1-3H3. The van der Waals surface area contributed by atoms with Gasteiger partial charge in [0, 0.05) is 5.69 Å². The molecule has 1 aliphatic rings. The second-order valence-electron chi connectivity index (χ2n) is 6.26. The minimum atomic E-state index is -0.577. The second-order valence-corrected chi connectivity index (χ2v) is 6.26. The average Bonchev–Trinajstić information content (AvgIpc) is 2.77. The molecule has 0 saturated carbocycles. The Morgan fingerprint density at radius 3 is 2.46 bits per heavy atom. The maximum atomic E-state index is 12.7. The molecule has 1 heterocycles. The number of carbonyl (C=O) groups is 2. The second kappa shape index (κ2) is 6.00. The molecule has 124 valence electrons. The molecular formula is C19H20N2O3. The SMILES string of the molecule is Cc1ccc(NC2CC(=O)N(c3ccc(O)cc3C)C2=O)c(C)c1. The first-order chi connectivity index (χ1) is 11.4. The lowest BCUT2D eigenvalue weighted by Gasteiger charge is -2.19. The third-order valence-corrected chi connectivity index (χ3v) is 4.28. The molecule has 2 N–H and O–H groups in total. The van der Waals surface area contributed by atoms with Crippen molar-refractivity contribution in [3.05, 3.63) is 53.1 Å². The molecule has 2 aromatic carbocycles. The molecule has 3 rings (SSSR count). The van der Waals surface area contributed by atoms with E-state index in [2.05, 4.69) is 5.32 Å². The fourth-order valence-corrected chi connectivity index (χ4v) is 3.05. The Bertz CT molecular complexity index is 829. The third kappa shape index (κ3) is 2.85. The minimum absolute atomic E-state index is 0.111. The lowest BCUT2D eigenvalue weighted by atomic mass is 10.1. The number of benzene rings is 2. The number of nitrogens with one attached hydrogen (secondary N) is 1. The van der Waals surface area contributed by atoms with E-state index in [4.69, 9.17) is 0 Å². The normalized spacial score (nSPS) is 17.5. The van der Waals surface area contributed by atoms with Crippen LogP contribution in [0.25, 0.3) is 0 Å². The number of hydrogen-bond donors (Lipinski definition) is 2. The Morgan fingerprint density at radius 2 is 1.79 bits per heavy atom. The summed E-state index contributed by atoms with van der Waals surface area (Å²) in [6.45, 7) is 5.75. The molecule has 1 unspecified atom stereocenters. The zero-order valence-corrected chi connectivity index (χ0v) is 14.0. The number of hydrogen-bond acceptors (Lipinski definition) is 4. The molecule has 1 aliphatic heterocycles. The summed E-state index contributed by atoms with van der Waals surface area (Å²) in [5.41, 5.74) is 4.25. The smallest absolute Gasteiger partial charge is 0.256 e. The van der Waals surface area contributed by atoms with Gasteiger partial charge in [0.25, 0.3) is 5.91 Å². The fraction of sp³-hybridized carbons (Fsp3) is 0.263. The average molecular weight is 324 g/mol. The predicted octanol–water partition coefficient (Wildman–Crippen LogP) is 3.06. The van der Waals surface area contributed by atoms with Crippen molar-refractivity contribution in [2.24, 2.45) is 0 Å². The van der Waals surface area contributed by atoms with Crippen molar-refractivity contribution in [1.29, 1.82) is 0 Å². The topological polar surface area (TPSA) is 69.6 Å². The van der Waals surface area contributed by atoms with E-state index < -0.39 is 6.04 Å². The predicted molar refractivity (Wildman–Crippen MR) is 93.3 cm³/mol. The van der Waals surface area contributed by atoms with Gasteiger partial charge in [0.15, 0.2) is 0 Å². The quantitative estimate of drug-likeness (QED) is 0.851. The summed E-state index contributed by atoms with van der Waals surface area (Å²) < 4.78 is 0. The monoisotopic (exact) mass is 324 g/mol. The highest BCUT2D eigenvalue weighted by Gasteiger charge is 2.40. The van der Waals surface area contributed by atoms with E-state index in [1.165, 1.54) is 11.0 Å². The van der Waals surface area contributed by atoms with Crippen LogP contribution in [0.15, 0.2) is 36.4 Å². The number of phenols is 1. The number of phenolic OH excluding ortho intramolecular Hbond substituents is 1. The maximum absolute atomic E-state index is 12.7. The molecule has 0 aromatic heterocycles. The Morgan fingerprint density at radius 1 is 1.04 bits per heavy atom. The number of anilines is 2. The van der Waals surface area contributed by atoms with Crippen LogP contribution in [0.4, 0.5) is 11.4 Å². The molecule has 0 aliphatic carbocycles. The molecule has 2 amide bonds. The molecule has 5 heteroatoms. The van der Waals surface area contributed by atoms with Gasteiger partial charge in [0.1, 0.15) is 11.8 Å². The van der Waals surface area contributed by atoms with Gasteiger partial charge in [0.2, 0.25) is 5.91 Å². The van der Waals surface area contributed by atoms with Crippen LogP contribution >= 0.6 is 0 Å². The van der Waals surface area contributed by atoms with Crippen molar-refractivity contribution in [2.75, 3.05) is 10.2 Å². The van der Waals surface area contributed by atoms with Crippen molar-refractivity contribution >= 4 is 23.2 Å². The summed E-state index contributed by atoms with van der Waals surface area (Å²) in [7, 11) is 0. The summed E-state index contributed by atoms with van der Waals surface area (Å²) in [4.78, 5) is 26.3. The summed E-state index contributed by atoms with van der Waals surface area (Å²) in [5.74, 6) is -0.398. The summed E-state index contributed by atoms with van der Waals surface area (Å²) in [6.07, 6.45) is 0.118. The van der Waals surface area contributed by atoms with E-state index in [-0.39, 0.29) is 24.0 Å². The third-order valence-electron chi connectivity index (χ3n) is 4.28. The van der Waals surface area contributed by atoms with Gasteiger partial charge < -0.3 is 10.4 Å². The molecular weight excluding hydrogens is 304 g/mol. The molecule has 2 aromatic rings. The highest BCUT2D eigenvalue weighted by Crippen LogP contribution is 2.30. The first kappa shape index (κ1) is 16.1. The van der Waals surface area contributed by atoms with Crippen molar-refractivity contribution in [3.63, 3.8) is 0 Å². The van der Waals surface area contributed by atoms with E-state index >= 15 is 0 Å². The highest BCUT2D eigenvalue weighted by atomic mass is 16.3. The summed E-state index contributed by atoms with van der Waals surface area (Å²) >= 11 is 0. The summed E-state index contributed by atoms with van der Waals surface area (Å²) in [5, 5.41) is 12.7. The van der Waals surface area contributed by atoms with E-state index in [1.54, 1.807) is 19.1 Å². The van der Waals surface area contributed by atoms with Crippen molar-refractivity contribution < 1.29 is 14.7 Å². The van der Waals surface area contributed by atoms with E-state index in [0.717, 1.165) is 16.8 Å². The summed E-state index contributed by atoms with van der Waals surface area (Å²) in [6, 6.07) is 9.97. The van der Waals surface area contributed by atoms with Crippen LogP contribution in [0, 0.1) is 20.8 Å². The molecule has 24 heavy (non-hydrogen) atoms. The van der Waals surface area contributed by atoms with Gasteiger partial charge >= 0.3 is 0 Å². The van der Waals surface area contributed by atoms with Crippen LogP contribution < -0.4 is 10.2 Å². The van der Waals surface area contributed by atoms with Gasteiger partial charge in [-0.15, -0.1) is 0 Å². The molecule has 1 saturated heterocycles. The molecule has 0 radical (unpaired) electrons. The van der Waals surface area contributed by atoms with Crippen LogP contribution in [0.5, 0.6) is 5.75 Å². The number of nitrogens with zero attached hydrogens (tertiary/aromatic N) is 1. The number of aromatic hydroxyl groups is 1. The number of carbonyl (C=O) groups excluding carboxylic acids is 2. The van der Waals surface area contributed by atoms with Crippen LogP contribution in [-0.2, 0) is 9.59 Å². The van der Waals surface area contributed by atoms with Gasteiger partial charge in [-0.05, 0) is 56.2 Å². The van der Waals surface area contributed by atoms with Gasteiger partial charge in [-0.3, -0.25) is 9.59 Å². The number of rotatable bonds is 3. The van der Waals surface area contributed by atoms with E-state index in [9.17, 15) is 14.7 Å². The molecule has 0 bridgehead atoms. The lowest BCUT2D eigenvalue weighted by Crippen LogP contribution is -2.35. The number of imide groups is 1. The molecule has 0 spiro atoms. The van der Waals surface area contributed by atoms with Crippen LogP contribution in [0.2, 0.25) is 0 Å². The molecule has 1 fully saturated rings. The van der Waals surface area contributed by atoms with Gasteiger partial charge in [-0.25, -0.2) is 4.90 Å². The van der Waals surface area contributed by atoms with Gasteiger partial charge in [0.05, 0.1) is 12.1 Å². The Balaban J connectivity index is 1.86. The van der Waals surface area contributed by atoms with Crippen LogP contribution in [-0.4, -0.2) is 23.0 Å². The largest absolute Gasteiger partial charge is 0.508 e. The van der Waals surface area contributed by atoms with Gasteiger partial charge in [-0.1, -0.05) is 17.7 Å². The number of aryl methyl sites for hydroxylation is 3. The maximum Gasteiger partial charge on any atom is 0.256 e. The zero-order valence-electron chi connectivity index (χ0n) is 14.0. The Labute approximate surface area is 140 Å². The fourth-order valence-electron chi connectivity index (χ4n) is 3.05.